The highest BCUT2D eigenvalue weighted by atomic mass is 16.2. The lowest BCUT2D eigenvalue weighted by Crippen LogP contribution is -2.29. The van der Waals surface area contributed by atoms with Crippen LogP contribution in [0.3, 0.4) is 0 Å². The zero-order chi connectivity index (χ0) is 14.8. The monoisotopic (exact) mass is 281 g/mol. The minimum absolute atomic E-state index is 0.109. The number of rotatable bonds is 3. The van der Waals surface area contributed by atoms with E-state index in [4.69, 9.17) is 0 Å². The molecule has 0 unspecified atom stereocenters. The number of anilines is 1. The van der Waals surface area contributed by atoms with Gasteiger partial charge in [-0.3, -0.25) is 9.48 Å². The van der Waals surface area contributed by atoms with E-state index in [2.05, 4.69) is 15.3 Å². The summed E-state index contributed by atoms with van der Waals surface area (Å²) in [5.74, 6) is -0.109. The Kier molecular flexibility index (Phi) is 3.35. The average Bonchev–Trinajstić information content (AvgIpc) is 3.01. The number of para-hydroxylation sites is 1. The molecular formula is C15H15N5O. The fourth-order valence-electron chi connectivity index (χ4n) is 2.33. The van der Waals surface area contributed by atoms with Crippen molar-refractivity contribution in [2.75, 3.05) is 11.4 Å². The van der Waals surface area contributed by atoms with Crippen LogP contribution in [0.2, 0.25) is 0 Å². The molecule has 1 amide bonds. The first-order chi connectivity index (χ1) is 10.2. The molecule has 1 aromatic heterocycles. The third-order valence-electron chi connectivity index (χ3n) is 3.30. The molecule has 0 N–H and O–H groups in total. The second kappa shape index (κ2) is 5.32. The third kappa shape index (κ3) is 2.35. The molecule has 1 aliphatic rings. The van der Waals surface area contributed by atoms with Crippen molar-refractivity contribution in [3.63, 3.8) is 0 Å². The molecule has 0 saturated carbocycles. The molecule has 1 aliphatic heterocycles. The van der Waals surface area contributed by atoms with E-state index >= 15 is 0 Å². The molecule has 0 saturated heterocycles. The molecule has 0 bridgehead atoms. The molecule has 6 nitrogen and oxygen atoms in total. The summed E-state index contributed by atoms with van der Waals surface area (Å²) < 4.78 is 1.68. The van der Waals surface area contributed by atoms with Gasteiger partial charge in [0, 0.05) is 30.9 Å². The number of hydrogen-bond donors (Lipinski definition) is 0. The van der Waals surface area contributed by atoms with Crippen LogP contribution in [0.5, 0.6) is 0 Å². The largest absolute Gasteiger partial charge is 0.307 e. The maximum Gasteiger partial charge on any atom is 0.279 e. The highest BCUT2D eigenvalue weighted by molar-refractivity contribution is 6.54. The van der Waals surface area contributed by atoms with Crippen molar-refractivity contribution in [1.82, 2.24) is 9.78 Å². The van der Waals surface area contributed by atoms with Crippen molar-refractivity contribution in [1.29, 1.82) is 0 Å². The van der Waals surface area contributed by atoms with Crippen LogP contribution in [0.15, 0.2) is 46.9 Å². The van der Waals surface area contributed by atoms with E-state index in [1.54, 1.807) is 22.0 Å². The fourth-order valence-corrected chi connectivity index (χ4v) is 2.33. The zero-order valence-electron chi connectivity index (χ0n) is 11.9. The zero-order valence-corrected chi connectivity index (χ0v) is 11.9. The molecule has 21 heavy (non-hydrogen) atoms. The van der Waals surface area contributed by atoms with Crippen molar-refractivity contribution < 1.29 is 4.79 Å². The molecule has 2 aromatic rings. The molecule has 0 atom stereocenters. The summed E-state index contributed by atoms with van der Waals surface area (Å²) in [5.41, 5.74) is 2.94. The van der Waals surface area contributed by atoms with Crippen molar-refractivity contribution in [2.45, 2.75) is 6.92 Å². The quantitative estimate of drug-likeness (QED) is 0.634. The average molecular weight is 281 g/mol. The smallest absolute Gasteiger partial charge is 0.279 e. The van der Waals surface area contributed by atoms with Gasteiger partial charge in [-0.05, 0) is 13.0 Å². The second-order valence-corrected chi connectivity index (χ2v) is 4.71. The van der Waals surface area contributed by atoms with Gasteiger partial charge in [0.1, 0.15) is 0 Å². The number of benzene rings is 1. The predicted octanol–water partition coefficient (Wildman–Crippen LogP) is 1.61. The molecule has 106 valence electrons. The normalized spacial score (nSPS) is 16.2. The van der Waals surface area contributed by atoms with E-state index in [9.17, 15) is 4.79 Å². The standard InChI is InChI=1S/C15H15N5O/c1-3-20-13-7-5-4-6-12(13)14(15(20)21)18-16-8-11-9-17-19(2)10-11/h4-10H,3H2,1-2H3. The first-order valence-corrected chi connectivity index (χ1v) is 6.71. The molecule has 0 aliphatic carbocycles. The molecule has 0 fully saturated rings. The van der Waals surface area contributed by atoms with Crippen molar-refractivity contribution >= 4 is 23.5 Å². The molecule has 0 spiro atoms. The number of aromatic nitrogens is 2. The van der Waals surface area contributed by atoms with E-state index in [1.807, 2.05) is 44.4 Å². The molecule has 2 heterocycles. The Hall–Kier alpha value is -2.76. The lowest BCUT2D eigenvalue weighted by molar-refractivity contribution is -0.112. The predicted molar refractivity (Wildman–Crippen MR) is 81.8 cm³/mol. The van der Waals surface area contributed by atoms with Gasteiger partial charge < -0.3 is 4.90 Å². The van der Waals surface area contributed by atoms with Crippen LogP contribution in [0.4, 0.5) is 5.69 Å². The fraction of sp³-hybridized carbons (Fsp3) is 0.200. The molecule has 3 rings (SSSR count). The number of fused-ring (bicyclic) bond motifs is 1. The third-order valence-corrected chi connectivity index (χ3v) is 3.30. The van der Waals surface area contributed by atoms with Crippen LogP contribution < -0.4 is 4.90 Å². The first kappa shape index (κ1) is 13.2. The summed E-state index contributed by atoms with van der Waals surface area (Å²) in [6.45, 7) is 2.55. The number of hydrogen-bond acceptors (Lipinski definition) is 4. The van der Waals surface area contributed by atoms with Gasteiger partial charge in [-0.15, -0.1) is 5.10 Å². The lowest BCUT2D eigenvalue weighted by atomic mass is 10.1. The van der Waals surface area contributed by atoms with E-state index in [0.717, 1.165) is 16.8 Å². The van der Waals surface area contributed by atoms with Crippen LogP contribution >= 0.6 is 0 Å². The van der Waals surface area contributed by atoms with Gasteiger partial charge in [-0.2, -0.15) is 10.2 Å². The summed E-state index contributed by atoms with van der Waals surface area (Å²) in [4.78, 5) is 14.0. The SMILES string of the molecule is CCN1C(=O)C(=NN=Cc2cnn(C)c2)c2ccccc21. The Bertz CT molecular complexity index is 744. The van der Waals surface area contributed by atoms with Crippen LogP contribution in [-0.4, -0.2) is 34.2 Å². The van der Waals surface area contributed by atoms with Crippen molar-refractivity contribution in [3.8, 4) is 0 Å². The van der Waals surface area contributed by atoms with Gasteiger partial charge in [0.25, 0.3) is 5.91 Å². The highest BCUT2D eigenvalue weighted by Crippen LogP contribution is 2.28. The topological polar surface area (TPSA) is 62.9 Å². The minimum atomic E-state index is -0.109. The number of likely N-dealkylation sites (N-methyl/N-ethyl adjacent to an activating group) is 1. The van der Waals surface area contributed by atoms with E-state index in [0.29, 0.717) is 12.3 Å². The number of carbonyl (C=O) groups is 1. The van der Waals surface area contributed by atoms with Crippen molar-refractivity contribution in [2.24, 2.45) is 17.3 Å². The first-order valence-electron chi connectivity index (χ1n) is 6.71. The lowest BCUT2D eigenvalue weighted by Gasteiger charge is -2.12. The highest BCUT2D eigenvalue weighted by Gasteiger charge is 2.32. The summed E-state index contributed by atoms with van der Waals surface area (Å²) in [6.07, 6.45) is 5.10. The van der Waals surface area contributed by atoms with Crippen molar-refractivity contribution in [3.05, 3.63) is 47.8 Å². The maximum atomic E-state index is 12.3. The Labute approximate surface area is 122 Å². The Balaban J connectivity index is 1.93. The summed E-state index contributed by atoms with van der Waals surface area (Å²) in [5, 5.41) is 12.2. The van der Waals surface area contributed by atoms with E-state index in [1.165, 1.54) is 0 Å². The van der Waals surface area contributed by atoms with Crippen LogP contribution in [0.25, 0.3) is 0 Å². The van der Waals surface area contributed by atoms with Crippen LogP contribution in [0, 0.1) is 0 Å². The van der Waals surface area contributed by atoms with Gasteiger partial charge in [0.2, 0.25) is 0 Å². The summed E-state index contributed by atoms with van der Waals surface area (Å²) >= 11 is 0. The molecule has 0 radical (unpaired) electrons. The maximum absolute atomic E-state index is 12.3. The van der Waals surface area contributed by atoms with Gasteiger partial charge in [-0.1, -0.05) is 18.2 Å². The minimum Gasteiger partial charge on any atom is -0.307 e. The Morgan fingerprint density at radius 2 is 2.14 bits per heavy atom. The molecule has 1 aromatic carbocycles. The molecular weight excluding hydrogens is 266 g/mol. The Morgan fingerprint density at radius 1 is 1.33 bits per heavy atom. The van der Waals surface area contributed by atoms with Gasteiger partial charge >= 0.3 is 0 Å². The summed E-state index contributed by atoms with van der Waals surface area (Å²) in [6, 6.07) is 7.62. The van der Waals surface area contributed by atoms with Gasteiger partial charge in [-0.25, -0.2) is 0 Å². The molecule has 6 heteroatoms. The van der Waals surface area contributed by atoms with Crippen LogP contribution in [0.1, 0.15) is 18.1 Å². The van der Waals surface area contributed by atoms with E-state index < -0.39 is 0 Å². The van der Waals surface area contributed by atoms with Gasteiger partial charge in [0.15, 0.2) is 5.71 Å². The summed E-state index contributed by atoms with van der Waals surface area (Å²) in [7, 11) is 1.83. The Morgan fingerprint density at radius 3 is 2.86 bits per heavy atom. The number of aryl methyl sites for hydroxylation is 1. The second-order valence-electron chi connectivity index (χ2n) is 4.71. The van der Waals surface area contributed by atoms with Gasteiger partial charge in [0.05, 0.1) is 18.1 Å². The van der Waals surface area contributed by atoms with Crippen LogP contribution in [-0.2, 0) is 11.8 Å². The number of nitrogens with zero attached hydrogens (tertiary/aromatic N) is 5. The number of amides is 1. The number of carbonyl (C=O) groups excluding carboxylic acids is 1. The van der Waals surface area contributed by atoms with E-state index in [-0.39, 0.29) is 5.91 Å².